The van der Waals surface area contributed by atoms with E-state index in [1.807, 2.05) is 36.4 Å². The summed E-state index contributed by atoms with van der Waals surface area (Å²) in [5, 5.41) is 3.70. The second kappa shape index (κ2) is 9.88. The average molecular weight is 435 g/mol. The smallest absolute Gasteiger partial charge is 0.251 e. The number of halogens is 1. The zero-order valence-corrected chi connectivity index (χ0v) is 18.4. The number of carbonyl (C=O) groups excluding carboxylic acids is 1. The van der Waals surface area contributed by atoms with Crippen LogP contribution in [-0.4, -0.2) is 25.0 Å². The minimum Gasteiger partial charge on any atom is -0.489 e. The van der Waals surface area contributed by atoms with E-state index >= 15 is 0 Å². The number of ether oxygens (including phenoxy) is 1. The average Bonchev–Trinajstić information content (AvgIpc) is 3.11. The first kappa shape index (κ1) is 21.3. The lowest BCUT2D eigenvalue weighted by atomic mass is 10.1. The first-order chi connectivity index (χ1) is 15.1. The van der Waals surface area contributed by atoms with E-state index in [0.717, 1.165) is 24.9 Å². The molecule has 3 aromatic rings. The SMILES string of the molecule is CC1Cc2ccccc2N1CCCNC(=O)c1cccc(OCc2ccccc2Cl)c1. The van der Waals surface area contributed by atoms with Crippen molar-refractivity contribution in [1.29, 1.82) is 0 Å². The van der Waals surface area contributed by atoms with Crippen LogP contribution < -0.4 is 15.0 Å². The molecule has 4 rings (SSSR count). The molecule has 160 valence electrons. The van der Waals surface area contributed by atoms with Gasteiger partial charge in [0.15, 0.2) is 0 Å². The van der Waals surface area contributed by atoms with Crippen molar-refractivity contribution in [1.82, 2.24) is 5.32 Å². The number of rotatable bonds is 8. The van der Waals surface area contributed by atoms with Crippen LogP contribution in [0.15, 0.2) is 72.8 Å². The lowest BCUT2D eigenvalue weighted by molar-refractivity contribution is 0.0953. The highest BCUT2D eigenvalue weighted by Gasteiger charge is 2.24. The first-order valence-electron chi connectivity index (χ1n) is 10.7. The molecule has 1 amide bonds. The molecule has 5 heteroatoms. The number of benzene rings is 3. The van der Waals surface area contributed by atoms with E-state index in [1.54, 1.807) is 12.1 Å². The minimum absolute atomic E-state index is 0.0851. The Morgan fingerprint density at radius 2 is 1.90 bits per heavy atom. The van der Waals surface area contributed by atoms with Gasteiger partial charge in [0, 0.05) is 41.0 Å². The molecule has 3 aromatic carbocycles. The maximum atomic E-state index is 12.6. The van der Waals surface area contributed by atoms with Gasteiger partial charge >= 0.3 is 0 Å². The number of fused-ring (bicyclic) bond motifs is 1. The van der Waals surface area contributed by atoms with E-state index in [2.05, 4.69) is 41.4 Å². The second-order valence-electron chi connectivity index (χ2n) is 7.89. The fraction of sp³-hybridized carbons (Fsp3) is 0.269. The third-order valence-electron chi connectivity index (χ3n) is 5.66. The van der Waals surface area contributed by atoms with E-state index in [-0.39, 0.29) is 5.91 Å². The van der Waals surface area contributed by atoms with Gasteiger partial charge in [-0.25, -0.2) is 0 Å². The molecule has 0 spiro atoms. The quantitative estimate of drug-likeness (QED) is 0.476. The number of hydrogen-bond donors (Lipinski definition) is 1. The maximum Gasteiger partial charge on any atom is 0.251 e. The Balaban J connectivity index is 1.26. The summed E-state index contributed by atoms with van der Waals surface area (Å²) < 4.78 is 5.83. The lowest BCUT2D eigenvalue weighted by Gasteiger charge is -2.25. The lowest BCUT2D eigenvalue weighted by Crippen LogP contribution is -2.33. The van der Waals surface area contributed by atoms with E-state index in [9.17, 15) is 4.79 Å². The summed E-state index contributed by atoms with van der Waals surface area (Å²) in [4.78, 5) is 15.0. The fourth-order valence-corrected chi connectivity index (χ4v) is 4.22. The first-order valence-corrected chi connectivity index (χ1v) is 11.1. The Hall–Kier alpha value is -2.98. The Morgan fingerprint density at radius 3 is 2.77 bits per heavy atom. The standard InChI is InChI=1S/C26H27ClN2O2/c1-19-16-20-8-3-5-13-25(20)29(19)15-7-14-28-26(30)21-10-6-11-23(17-21)31-18-22-9-2-4-12-24(22)27/h2-6,8-13,17,19H,7,14-16,18H2,1H3,(H,28,30). The topological polar surface area (TPSA) is 41.6 Å². The summed E-state index contributed by atoms with van der Waals surface area (Å²) in [7, 11) is 0. The largest absolute Gasteiger partial charge is 0.489 e. The van der Waals surface area contributed by atoms with Gasteiger partial charge < -0.3 is 15.0 Å². The zero-order valence-electron chi connectivity index (χ0n) is 17.7. The highest BCUT2D eigenvalue weighted by molar-refractivity contribution is 6.31. The van der Waals surface area contributed by atoms with Crippen LogP contribution in [0.5, 0.6) is 5.75 Å². The summed E-state index contributed by atoms with van der Waals surface area (Å²) in [6.07, 6.45) is 1.98. The maximum absolute atomic E-state index is 12.6. The molecule has 0 aliphatic carbocycles. The van der Waals surface area contributed by atoms with Crippen LogP contribution in [0.25, 0.3) is 0 Å². The monoisotopic (exact) mass is 434 g/mol. The second-order valence-corrected chi connectivity index (χ2v) is 8.30. The van der Waals surface area contributed by atoms with Gasteiger partial charge in [0.2, 0.25) is 0 Å². The Labute approximate surface area is 188 Å². The van der Waals surface area contributed by atoms with Crippen LogP contribution in [0.1, 0.15) is 34.8 Å². The predicted octanol–water partition coefficient (Wildman–Crippen LogP) is 5.49. The molecule has 1 heterocycles. The number of carbonyl (C=O) groups is 1. The van der Waals surface area contributed by atoms with Crippen LogP contribution in [0.4, 0.5) is 5.69 Å². The van der Waals surface area contributed by atoms with Crippen molar-refractivity contribution >= 4 is 23.2 Å². The summed E-state index contributed by atoms with van der Waals surface area (Å²) in [6.45, 7) is 4.18. The van der Waals surface area contributed by atoms with Crippen molar-refractivity contribution in [3.8, 4) is 5.75 Å². The summed E-state index contributed by atoms with van der Waals surface area (Å²) in [5.41, 5.74) is 4.24. The molecule has 0 saturated carbocycles. The van der Waals surface area contributed by atoms with E-state index in [0.29, 0.717) is 35.5 Å². The Bertz CT molecular complexity index is 1050. The molecule has 1 unspecified atom stereocenters. The van der Waals surface area contributed by atoms with Crippen molar-refractivity contribution in [2.75, 3.05) is 18.0 Å². The van der Waals surface area contributed by atoms with Crippen molar-refractivity contribution in [2.24, 2.45) is 0 Å². The van der Waals surface area contributed by atoms with Gasteiger partial charge in [-0.15, -0.1) is 0 Å². The number of nitrogens with zero attached hydrogens (tertiary/aromatic N) is 1. The molecular weight excluding hydrogens is 408 g/mol. The Kier molecular flexibility index (Phi) is 6.78. The summed E-state index contributed by atoms with van der Waals surface area (Å²) in [5.74, 6) is 0.563. The third kappa shape index (κ3) is 5.20. The molecule has 1 aliphatic rings. The number of para-hydroxylation sites is 1. The minimum atomic E-state index is -0.0851. The molecule has 31 heavy (non-hydrogen) atoms. The predicted molar refractivity (Wildman–Crippen MR) is 126 cm³/mol. The molecule has 0 aromatic heterocycles. The molecule has 1 aliphatic heterocycles. The van der Waals surface area contributed by atoms with Crippen molar-refractivity contribution < 1.29 is 9.53 Å². The van der Waals surface area contributed by atoms with Crippen LogP contribution in [0.2, 0.25) is 5.02 Å². The van der Waals surface area contributed by atoms with E-state index in [1.165, 1.54) is 11.3 Å². The molecule has 0 radical (unpaired) electrons. The fourth-order valence-electron chi connectivity index (χ4n) is 4.03. The van der Waals surface area contributed by atoms with Gasteiger partial charge in [0.05, 0.1) is 0 Å². The number of anilines is 1. The molecule has 0 saturated heterocycles. The van der Waals surface area contributed by atoms with Crippen LogP contribution >= 0.6 is 11.6 Å². The molecule has 4 nitrogen and oxygen atoms in total. The molecule has 1 N–H and O–H groups in total. The van der Waals surface area contributed by atoms with Gasteiger partial charge in [-0.1, -0.05) is 54.1 Å². The van der Waals surface area contributed by atoms with Crippen molar-refractivity contribution in [3.05, 3.63) is 94.5 Å². The Morgan fingerprint density at radius 1 is 1.10 bits per heavy atom. The van der Waals surface area contributed by atoms with Crippen LogP contribution in [0, 0.1) is 0 Å². The number of nitrogens with one attached hydrogen (secondary N) is 1. The molecule has 0 fully saturated rings. The zero-order chi connectivity index (χ0) is 21.6. The van der Waals surface area contributed by atoms with Gasteiger partial charge in [-0.05, 0) is 55.7 Å². The van der Waals surface area contributed by atoms with E-state index < -0.39 is 0 Å². The third-order valence-corrected chi connectivity index (χ3v) is 6.03. The highest BCUT2D eigenvalue weighted by atomic mass is 35.5. The molecule has 1 atom stereocenters. The summed E-state index contributed by atoms with van der Waals surface area (Å²) in [6, 6.07) is 23.9. The normalized spacial score (nSPS) is 14.9. The number of hydrogen-bond acceptors (Lipinski definition) is 3. The van der Waals surface area contributed by atoms with Crippen molar-refractivity contribution in [3.63, 3.8) is 0 Å². The van der Waals surface area contributed by atoms with Crippen LogP contribution in [0.3, 0.4) is 0 Å². The number of amides is 1. The van der Waals surface area contributed by atoms with Crippen LogP contribution in [-0.2, 0) is 13.0 Å². The van der Waals surface area contributed by atoms with Gasteiger partial charge in [-0.3, -0.25) is 4.79 Å². The van der Waals surface area contributed by atoms with E-state index in [4.69, 9.17) is 16.3 Å². The van der Waals surface area contributed by atoms with Crippen molar-refractivity contribution in [2.45, 2.75) is 32.4 Å². The highest BCUT2D eigenvalue weighted by Crippen LogP contribution is 2.31. The van der Waals surface area contributed by atoms with Gasteiger partial charge in [-0.2, -0.15) is 0 Å². The molecule has 0 bridgehead atoms. The summed E-state index contributed by atoms with van der Waals surface area (Å²) >= 11 is 6.18. The van der Waals surface area contributed by atoms with Gasteiger partial charge in [0.1, 0.15) is 12.4 Å². The van der Waals surface area contributed by atoms with Gasteiger partial charge in [0.25, 0.3) is 5.91 Å². The molecular formula is C26H27ClN2O2.